The second-order valence-corrected chi connectivity index (χ2v) is 7.82. The largest absolute Gasteiger partial charge is 0.358 e. The molecule has 1 heterocycles. The molecule has 1 amide bonds. The molecule has 2 N–H and O–H groups in total. The number of halogens is 2. The molecule has 5 heteroatoms. The molecule has 0 saturated carbocycles. The van der Waals surface area contributed by atoms with E-state index in [1.807, 2.05) is 24.3 Å². The van der Waals surface area contributed by atoms with E-state index < -0.39 is 0 Å². The maximum Gasteiger partial charge on any atom is 0.220 e. The van der Waals surface area contributed by atoms with Crippen LogP contribution in [0.25, 0.3) is 10.9 Å². The van der Waals surface area contributed by atoms with Crippen molar-refractivity contribution in [2.45, 2.75) is 38.1 Å². The third-order valence-corrected chi connectivity index (χ3v) is 5.54. The third kappa shape index (κ3) is 3.68. The number of carbonyl (C=O) groups excluding carboxylic acids is 1. The van der Waals surface area contributed by atoms with E-state index in [4.69, 9.17) is 0 Å². The molecule has 0 radical (unpaired) electrons. The number of aryl methyl sites for hydroxylation is 2. The van der Waals surface area contributed by atoms with Gasteiger partial charge in [0.25, 0.3) is 0 Å². The maximum atomic E-state index is 13.6. The van der Waals surface area contributed by atoms with E-state index in [1.54, 1.807) is 12.1 Å². The van der Waals surface area contributed by atoms with E-state index in [2.05, 4.69) is 26.2 Å². The molecule has 0 aliphatic heterocycles. The first-order valence-corrected chi connectivity index (χ1v) is 9.70. The molecule has 0 bridgehead atoms. The molecule has 1 atom stereocenters. The highest BCUT2D eigenvalue weighted by atomic mass is 79.9. The Labute approximate surface area is 160 Å². The highest BCUT2D eigenvalue weighted by Gasteiger charge is 2.23. The first-order chi connectivity index (χ1) is 12.6. The van der Waals surface area contributed by atoms with Gasteiger partial charge in [0, 0.05) is 33.5 Å². The number of fused-ring (bicyclic) bond motifs is 3. The number of hydrogen-bond acceptors (Lipinski definition) is 1. The van der Waals surface area contributed by atoms with Crippen LogP contribution < -0.4 is 5.32 Å². The summed E-state index contributed by atoms with van der Waals surface area (Å²) in [5.41, 5.74) is 4.43. The lowest BCUT2D eigenvalue weighted by Gasteiger charge is -2.23. The number of rotatable bonds is 4. The molecule has 1 aliphatic rings. The number of H-pyrrole nitrogens is 1. The Hall–Kier alpha value is -2.14. The Kier molecular flexibility index (Phi) is 4.81. The zero-order valence-electron chi connectivity index (χ0n) is 14.3. The summed E-state index contributed by atoms with van der Waals surface area (Å²) in [6.45, 7) is 0. The van der Waals surface area contributed by atoms with Crippen molar-refractivity contribution in [3.8, 4) is 0 Å². The van der Waals surface area contributed by atoms with Crippen LogP contribution in [0.15, 0.2) is 46.9 Å². The SMILES string of the molecule is O=C(CCc1cccc(Br)c1)NC1CCc2[nH]c3ccc(F)cc3c2C1. The minimum Gasteiger partial charge on any atom is -0.358 e. The normalized spacial score (nSPS) is 16.5. The van der Waals surface area contributed by atoms with Crippen LogP contribution in [0.2, 0.25) is 0 Å². The topological polar surface area (TPSA) is 44.9 Å². The van der Waals surface area contributed by atoms with Crippen LogP contribution in [0.4, 0.5) is 4.39 Å². The van der Waals surface area contributed by atoms with Gasteiger partial charge in [-0.3, -0.25) is 4.79 Å². The fraction of sp³-hybridized carbons (Fsp3) is 0.286. The van der Waals surface area contributed by atoms with Crippen LogP contribution in [-0.4, -0.2) is 16.9 Å². The van der Waals surface area contributed by atoms with Gasteiger partial charge in [0.15, 0.2) is 0 Å². The first-order valence-electron chi connectivity index (χ1n) is 8.91. The Balaban J connectivity index is 1.40. The first kappa shape index (κ1) is 17.3. The lowest BCUT2D eigenvalue weighted by molar-refractivity contribution is -0.121. The van der Waals surface area contributed by atoms with Crippen molar-refractivity contribution in [1.29, 1.82) is 0 Å². The number of benzene rings is 2. The van der Waals surface area contributed by atoms with Crippen molar-refractivity contribution in [2.24, 2.45) is 0 Å². The Morgan fingerprint density at radius 1 is 1.27 bits per heavy atom. The van der Waals surface area contributed by atoms with Gasteiger partial charge in [-0.05, 0) is 67.1 Å². The number of aromatic amines is 1. The molecule has 0 saturated heterocycles. The highest BCUT2D eigenvalue weighted by molar-refractivity contribution is 9.10. The highest BCUT2D eigenvalue weighted by Crippen LogP contribution is 2.29. The van der Waals surface area contributed by atoms with Gasteiger partial charge in [0.1, 0.15) is 5.82 Å². The van der Waals surface area contributed by atoms with E-state index in [0.29, 0.717) is 6.42 Å². The van der Waals surface area contributed by atoms with Gasteiger partial charge in [0.2, 0.25) is 5.91 Å². The molecule has 1 aliphatic carbocycles. The second kappa shape index (κ2) is 7.23. The van der Waals surface area contributed by atoms with Crippen LogP contribution in [0, 0.1) is 5.82 Å². The zero-order valence-corrected chi connectivity index (χ0v) is 15.9. The van der Waals surface area contributed by atoms with Gasteiger partial charge in [-0.15, -0.1) is 0 Å². The van der Waals surface area contributed by atoms with Crippen molar-refractivity contribution >= 4 is 32.7 Å². The average Bonchev–Trinajstić information content (AvgIpc) is 2.97. The number of nitrogens with one attached hydrogen (secondary N) is 2. The van der Waals surface area contributed by atoms with E-state index in [9.17, 15) is 9.18 Å². The molecular weight excluding hydrogens is 395 g/mol. The fourth-order valence-electron chi connectivity index (χ4n) is 3.76. The van der Waals surface area contributed by atoms with Gasteiger partial charge >= 0.3 is 0 Å². The summed E-state index contributed by atoms with van der Waals surface area (Å²) < 4.78 is 14.6. The predicted molar refractivity (Wildman–Crippen MR) is 105 cm³/mol. The van der Waals surface area contributed by atoms with Crippen LogP contribution >= 0.6 is 15.9 Å². The number of aromatic nitrogens is 1. The predicted octanol–water partition coefficient (Wildman–Crippen LogP) is 4.68. The van der Waals surface area contributed by atoms with Crippen molar-refractivity contribution < 1.29 is 9.18 Å². The quantitative estimate of drug-likeness (QED) is 0.639. The van der Waals surface area contributed by atoms with E-state index in [0.717, 1.165) is 52.2 Å². The molecule has 26 heavy (non-hydrogen) atoms. The van der Waals surface area contributed by atoms with Gasteiger partial charge in [0.05, 0.1) is 0 Å². The van der Waals surface area contributed by atoms with Gasteiger partial charge < -0.3 is 10.3 Å². The molecule has 0 fully saturated rings. The maximum absolute atomic E-state index is 13.6. The minimum absolute atomic E-state index is 0.0736. The Morgan fingerprint density at radius 2 is 2.15 bits per heavy atom. The second-order valence-electron chi connectivity index (χ2n) is 6.91. The standard InChI is InChI=1S/C21H20BrFN2O/c22-14-3-1-2-13(10-14)4-9-21(26)24-16-6-8-20-18(12-16)17-11-15(23)5-7-19(17)25-20/h1-3,5,7,10-11,16,25H,4,6,8-9,12H2,(H,24,26). The summed E-state index contributed by atoms with van der Waals surface area (Å²) in [4.78, 5) is 15.7. The van der Waals surface area contributed by atoms with Gasteiger partial charge in [-0.1, -0.05) is 28.1 Å². The van der Waals surface area contributed by atoms with Crippen LogP contribution in [0.3, 0.4) is 0 Å². The smallest absolute Gasteiger partial charge is 0.220 e. The average molecular weight is 415 g/mol. The van der Waals surface area contributed by atoms with E-state index >= 15 is 0 Å². The summed E-state index contributed by atoms with van der Waals surface area (Å²) in [7, 11) is 0. The van der Waals surface area contributed by atoms with Crippen molar-refractivity contribution in [2.75, 3.05) is 0 Å². The molecule has 3 aromatic rings. The number of carbonyl (C=O) groups is 1. The summed E-state index contributed by atoms with van der Waals surface area (Å²) in [5.74, 6) is -0.149. The van der Waals surface area contributed by atoms with Crippen LogP contribution in [-0.2, 0) is 24.1 Å². The number of amides is 1. The molecule has 0 spiro atoms. The van der Waals surface area contributed by atoms with Gasteiger partial charge in [-0.2, -0.15) is 0 Å². The Morgan fingerprint density at radius 3 is 3.00 bits per heavy atom. The molecule has 3 nitrogen and oxygen atoms in total. The zero-order chi connectivity index (χ0) is 18.1. The van der Waals surface area contributed by atoms with E-state index in [-0.39, 0.29) is 17.8 Å². The third-order valence-electron chi connectivity index (χ3n) is 5.04. The molecule has 2 aromatic carbocycles. The summed E-state index contributed by atoms with van der Waals surface area (Å²) in [6, 6.07) is 13.0. The number of hydrogen-bond donors (Lipinski definition) is 2. The lowest BCUT2D eigenvalue weighted by atomic mass is 9.91. The van der Waals surface area contributed by atoms with Crippen molar-refractivity contribution in [3.05, 3.63) is 69.6 Å². The Bertz CT molecular complexity index is 966. The lowest BCUT2D eigenvalue weighted by Crippen LogP contribution is -2.38. The molecule has 1 unspecified atom stereocenters. The fourth-order valence-corrected chi connectivity index (χ4v) is 4.21. The molecule has 134 valence electrons. The van der Waals surface area contributed by atoms with Crippen molar-refractivity contribution in [1.82, 2.24) is 10.3 Å². The van der Waals surface area contributed by atoms with Crippen LogP contribution in [0.5, 0.6) is 0 Å². The van der Waals surface area contributed by atoms with Gasteiger partial charge in [-0.25, -0.2) is 4.39 Å². The van der Waals surface area contributed by atoms with Crippen molar-refractivity contribution in [3.63, 3.8) is 0 Å². The monoisotopic (exact) mass is 414 g/mol. The summed E-state index contributed by atoms with van der Waals surface area (Å²) in [5, 5.41) is 4.09. The summed E-state index contributed by atoms with van der Waals surface area (Å²) >= 11 is 3.45. The summed E-state index contributed by atoms with van der Waals surface area (Å²) in [6.07, 6.45) is 3.73. The molecule has 1 aromatic heterocycles. The van der Waals surface area contributed by atoms with Crippen LogP contribution in [0.1, 0.15) is 29.7 Å². The molecular formula is C21H20BrFN2O. The minimum atomic E-state index is -0.223. The van der Waals surface area contributed by atoms with E-state index in [1.165, 1.54) is 11.8 Å². The molecule has 4 rings (SSSR count).